The molecule has 24 heavy (non-hydrogen) atoms. The van der Waals surface area contributed by atoms with Crippen LogP contribution in [0.5, 0.6) is 0 Å². The minimum absolute atomic E-state index is 0.121. The molecule has 1 N–H and O–H groups in total. The number of benzene rings is 2. The van der Waals surface area contributed by atoms with Gasteiger partial charge in [-0.2, -0.15) is 5.26 Å². The van der Waals surface area contributed by atoms with Crippen LogP contribution in [0.15, 0.2) is 59.0 Å². The second kappa shape index (κ2) is 6.99. The van der Waals surface area contributed by atoms with E-state index in [0.29, 0.717) is 17.8 Å². The minimum atomic E-state index is -0.184. The standard InChI is InChI=1S/C19H17N3O2/c1-22(12-14-7-3-2-4-8-14)13-18(23)21-19-15-9-5-6-10-16(15)24-17(19)11-20/h2-10H,12-13H2,1H3,(H,21,23). The van der Waals surface area contributed by atoms with Gasteiger partial charge in [0.15, 0.2) is 0 Å². The van der Waals surface area contributed by atoms with Crippen molar-refractivity contribution in [2.45, 2.75) is 6.54 Å². The number of carbonyl (C=O) groups excluding carboxylic acids is 1. The highest BCUT2D eigenvalue weighted by molar-refractivity contribution is 6.03. The number of rotatable bonds is 5. The Labute approximate surface area is 140 Å². The van der Waals surface area contributed by atoms with Crippen LogP contribution in [-0.4, -0.2) is 24.4 Å². The van der Waals surface area contributed by atoms with Crippen LogP contribution >= 0.6 is 0 Å². The van der Waals surface area contributed by atoms with Gasteiger partial charge in [0.05, 0.1) is 6.54 Å². The summed E-state index contributed by atoms with van der Waals surface area (Å²) in [4.78, 5) is 14.2. The number of furan rings is 1. The molecule has 0 radical (unpaired) electrons. The van der Waals surface area contributed by atoms with Crippen LogP contribution in [0.1, 0.15) is 11.3 Å². The van der Waals surface area contributed by atoms with Gasteiger partial charge in [-0.15, -0.1) is 0 Å². The Kier molecular flexibility index (Phi) is 4.59. The van der Waals surface area contributed by atoms with Gasteiger partial charge in [0.1, 0.15) is 17.3 Å². The third kappa shape index (κ3) is 3.45. The molecule has 1 aromatic heterocycles. The molecule has 0 aliphatic heterocycles. The molecule has 0 bridgehead atoms. The zero-order chi connectivity index (χ0) is 16.9. The van der Waals surface area contributed by atoms with Crippen LogP contribution in [0.4, 0.5) is 5.69 Å². The third-order valence-electron chi connectivity index (χ3n) is 3.67. The van der Waals surface area contributed by atoms with Crippen LogP contribution in [0.2, 0.25) is 0 Å². The van der Waals surface area contributed by atoms with Crippen LogP contribution in [0.3, 0.4) is 0 Å². The molecule has 0 atom stereocenters. The quantitative estimate of drug-likeness (QED) is 0.783. The molecule has 5 heteroatoms. The summed E-state index contributed by atoms with van der Waals surface area (Å²) in [5.41, 5.74) is 2.16. The Bertz CT molecular complexity index is 894. The molecule has 0 unspecified atom stereocenters. The zero-order valence-corrected chi connectivity index (χ0v) is 13.3. The lowest BCUT2D eigenvalue weighted by Gasteiger charge is -2.16. The molecule has 1 heterocycles. The van der Waals surface area contributed by atoms with E-state index in [0.717, 1.165) is 10.9 Å². The minimum Gasteiger partial charge on any atom is -0.443 e. The number of amides is 1. The second-order valence-corrected chi connectivity index (χ2v) is 5.62. The number of hydrogen-bond donors (Lipinski definition) is 1. The van der Waals surface area contributed by atoms with E-state index in [9.17, 15) is 10.1 Å². The third-order valence-corrected chi connectivity index (χ3v) is 3.67. The summed E-state index contributed by atoms with van der Waals surface area (Å²) in [6.07, 6.45) is 0. The van der Waals surface area contributed by atoms with Gasteiger partial charge >= 0.3 is 0 Å². The van der Waals surface area contributed by atoms with E-state index < -0.39 is 0 Å². The van der Waals surface area contributed by atoms with Gasteiger partial charge in [-0.1, -0.05) is 42.5 Å². The highest BCUT2D eigenvalue weighted by atomic mass is 16.3. The van der Waals surface area contributed by atoms with Crippen molar-refractivity contribution in [3.63, 3.8) is 0 Å². The number of nitrogens with one attached hydrogen (secondary N) is 1. The molecule has 0 fully saturated rings. The summed E-state index contributed by atoms with van der Waals surface area (Å²) in [5, 5.41) is 12.7. The lowest BCUT2D eigenvalue weighted by Crippen LogP contribution is -2.29. The molecule has 2 aromatic carbocycles. The second-order valence-electron chi connectivity index (χ2n) is 5.62. The first-order valence-electron chi connectivity index (χ1n) is 7.61. The maximum atomic E-state index is 12.3. The first kappa shape index (κ1) is 15.8. The van der Waals surface area contributed by atoms with Gasteiger partial charge in [0.25, 0.3) is 0 Å². The van der Waals surface area contributed by atoms with E-state index in [-0.39, 0.29) is 18.2 Å². The first-order valence-corrected chi connectivity index (χ1v) is 7.61. The maximum Gasteiger partial charge on any atom is 0.238 e. The van der Waals surface area contributed by atoms with E-state index in [4.69, 9.17) is 4.42 Å². The lowest BCUT2D eigenvalue weighted by atomic mass is 10.2. The van der Waals surface area contributed by atoms with Crippen molar-refractivity contribution >= 4 is 22.6 Å². The highest BCUT2D eigenvalue weighted by Crippen LogP contribution is 2.30. The summed E-state index contributed by atoms with van der Waals surface area (Å²) < 4.78 is 5.46. The van der Waals surface area contributed by atoms with Crippen LogP contribution in [-0.2, 0) is 11.3 Å². The molecule has 120 valence electrons. The fourth-order valence-corrected chi connectivity index (χ4v) is 2.62. The number of likely N-dealkylation sites (N-methyl/N-ethyl adjacent to an activating group) is 1. The SMILES string of the molecule is CN(CC(=O)Nc1c(C#N)oc2ccccc12)Cc1ccccc1. The number of carbonyl (C=O) groups is 1. The molecule has 0 saturated carbocycles. The van der Waals surface area contributed by atoms with Gasteiger partial charge in [-0.25, -0.2) is 0 Å². The van der Waals surface area contributed by atoms with Crippen molar-refractivity contribution in [1.29, 1.82) is 5.26 Å². The summed E-state index contributed by atoms with van der Waals surface area (Å²) in [5.74, 6) is -0.0632. The normalized spacial score (nSPS) is 10.7. The predicted octanol–water partition coefficient (Wildman–Crippen LogP) is 3.37. The fourth-order valence-electron chi connectivity index (χ4n) is 2.62. The highest BCUT2D eigenvalue weighted by Gasteiger charge is 2.16. The Morgan fingerprint density at radius 2 is 1.88 bits per heavy atom. The molecule has 5 nitrogen and oxygen atoms in total. The van der Waals surface area contributed by atoms with Gasteiger partial charge in [0, 0.05) is 11.9 Å². The monoisotopic (exact) mass is 319 g/mol. The van der Waals surface area contributed by atoms with Crippen molar-refractivity contribution in [3.8, 4) is 6.07 Å². The molecule has 0 aliphatic rings. The summed E-state index contributed by atoms with van der Waals surface area (Å²) in [6, 6.07) is 19.2. The van der Waals surface area contributed by atoms with Crippen molar-refractivity contribution in [3.05, 3.63) is 65.9 Å². The number of anilines is 1. The van der Waals surface area contributed by atoms with Crippen molar-refractivity contribution in [2.24, 2.45) is 0 Å². The van der Waals surface area contributed by atoms with Gasteiger partial charge in [-0.05, 0) is 24.7 Å². The number of para-hydroxylation sites is 1. The number of fused-ring (bicyclic) bond motifs is 1. The van der Waals surface area contributed by atoms with E-state index in [2.05, 4.69) is 5.32 Å². The number of hydrogen-bond acceptors (Lipinski definition) is 4. The zero-order valence-electron chi connectivity index (χ0n) is 13.3. The maximum absolute atomic E-state index is 12.3. The largest absolute Gasteiger partial charge is 0.443 e. The van der Waals surface area contributed by atoms with Gasteiger partial charge in [-0.3, -0.25) is 9.69 Å². The Balaban J connectivity index is 1.70. The summed E-state index contributed by atoms with van der Waals surface area (Å²) >= 11 is 0. The Hall–Kier alpha value is -3.10. The van der Waals surface area contributed by atoms with Crippen molar-refractivity contribution in [2.75, 3.05) is 18.9 Å². The lowest BCUT2D eigenvalue weighted by molar-refractivity contribution is -0.117. The molecule has 3 aromatic rings. The van der Waals surface area contributed by atoms with Crippen LogP contribution in [0.25, 0.3) is 11.0 Å². The van der Waals surface area contributed by atoms with Crippen LogP contribution < -0.4 is 5.32 Å². The van der Waals surface area contributed by atoms with E-state index >= 15 is 0 Å². The molecule has 0 aliphatic carbocycles. The smallest absolute Gasteiger partial charge is 0.238 e. The average molecular weight is 319 g/mol. The summed E-state index contributed by atoms with van der Waals surface area (Å²) in [7, 11) is 1.88. The van der Waals surface area contributed by atoms with E-state index in [1.807, 2.05) is 66.5 Å². The topological polar surface area (TPSA) is 69.3 Å². The van der Waals surface area contributed by atoms with Crippen molar-refractivity contribution < 1.29 is 9.21 Å². The Morgan fingerprint density at radius 1 is 1.17 bits per heavy atom. The predicted molar refractivity (Wildman–Crippen MR) is 92.3 cm³/mol. The molecule has 3 rings (SSSR count). The number of nitriles is 1. The molecule has 1 amide bonds. The molecular weight excluding hydrogens is 302 g/mol. The Morgan fingerprint density at radius 3 is 2.62 bits per heavy atom. The fraction of sp³-hybridized carbons (Fsp3) is 0.158. The molecule has 0 saturated heterocycles. The van der Waals surface area contributed by atoms with Crippen LogP contribution in [0, 0.1) is 11.3 Å². The van der Waals surface area contributed by atoms with Crippen molar-refractivity contribution in [1.82, 2.24) is 4.90 Å². The number of nitrogens with zero attached hydrogens (tertiary/aromatic N) is 2. The molecule has 0 spiro atoms. The van der Waals surface area contributed by atoms with Gasteiger partial charge in [0.2, 0.25) is 11.7 Å². The van der Waals surface area contributed by atoms with E-state index in [1.165, 1.54) is 0 Å². The summed E-state index contributed by atoms with van der Waals surface area (Å²) in [6.45, 7) is 0.894. The van der Waals surface area contributed by atoms with Gasteiger partial charge < -0.3 is 9.73 Å². The first-order chi connectivity index (χ1) is 11.7. The molecular formula is C19H17N3O2. The average Bonchev–Trinajstić information content (AvgIpc) is 2.93. The van der Waals surface area contributed by atoms with E-state index in [1.54, 1.807) is 6.07 Å².